The van der Waals surface area contributed by atoms with Crippen LogP contribution in [-0.2, 0) is 13.1 Å². The summed E-state index contributed by atoms with van der Waals surface area (Å²) in [6.45, 7) is 6.70. The van der Waals surface area contributed by atoms with E-state index >= 15 is 0 Å². The van der Waals surface area contributed by atoms with Crippen LogP contribution in [0.5, 0.6) is 5.75 Å². The van der Waals surface area contributed by atoms with Crippen LogP contribution in [0.4, 0.5) is 4.39 Å². The summed E-state index contributed by atoms with van der Waals surface area (Å²) in [5.41, 5.74) is 2.43. The minimum atomic E-state index is -0.354. The Hall–Kier alpha value is -1.87. The maximum atomic E-state index is 13.7. The SMILES string of the molecule is CCNC(=NCc1ccc(CN(C)C)cc1)NCC(C)Oc1ccccc1F.I. The summed E-state index contributed by atoms with van der Waals surface area (Å²) in [4.78, 5) is 6.77. The second-order valence-electron chi connectivity index (χ2n) is 6.99. The Kier molecular flexibility index (Phi) is 11.6. The van der Waals surface area contributed by atoms with E-state index in [1.807, 2.05) is 13.8 Å². The van der Waals surface area contributed by atoms with E-state index in [9.17, 15) is 4.39 Å². The quantitative estimate of drug-likeness (QED) is 0.302. The zero-order valence-electron chi connectivity index (χ0n) is 17.6. The molecule has 0 spiro atoms. The molecule has 0 fully saturated rings. The Bertz CT molecular complexity index is 753. The van der Waals surface area contributed by atoms with Crippen LogP contribution >= 0.6 is 24.0 Å². The van der Waals surface area contributed by atoms with Crippen molar-refractivity contribution < 1.29 is 9.13 Å². The Labute approximate surface area is 190 Å². The highest BCUT2D eigenvalue weighted by Gasteiger charge is 2.09. The maximum absolute atomic E-state index is 13.7. The van der Waals surface area contributed by atoms with Crippen molar-refractivity contribution in [1.82, 2.24) is 15.5 Å². The van der Waals surface area contributed by atoms with Gasteiger partial charge < -0.3 is 20.3 Å². The fourth-order valence-corrected chi connectivity index (χ4v) is 2.67. The molecule has 0 bridgehead atoms. The number of para-hydroxylation sites is 1. The molecule has 0 saturated heterocycles. The number of hydrogen-bond donors (Lipinski definition) is 2. The maximum Gasteiger partial charge on any atom is 0.191 e. The summed E-state index contributed by atoms with van der Waals surface area (Å²) in [5.74, 6) is 0.619. The average Bonchev–Trinajstić information content (AvgIpc) is 2.66. The highest BCUT2D eigenvalue weighted by atomic mass is 127. The van der Waals surface area contributed by atoms with Crippen molar-refractivity contribution in [1.29, 1.82) is 0 Å². The van der Waals surface area contributed by atoms with E-state index in [4.69, 9.17) is 4.74 Å². The lowest BCUT2D eigenvalue weighted by atomic mass is 10.1. The number of aliphatic imine (C=N–C) groups is 1. The zero-order chi connectivity index (χ0) is 20.4. The number of hydrogen-bond acceptors (Lipinski definition) is 3. The van der Waals surface area contributed by atoms with Crippen LogP contribution in [0.2, 0.25) is 0 Å². The number of nitrogens with zero attached hydrogens (tertiary/aromatic N) is 2. The lowest BCUT2D eigenvalue weighted by Crippen LogP contribution is -2.41. The fraction of sp³-hybridized carbons (Fsp3) is 0.409. The highest BCUT2D eigenvalue weighted by Crippen LogP contribution is 2.16. The lowest BCUT2D eigenvalue weighted by molar-refractivity contribution is 0.214. The van der Waals surface area contributed by atoms with Crippen molar-refractivity contribution in [3.63, 3.8) is 0 Å². The summed E-state index contributed by atoms with van der Waals surface area (Å²) in [6.07, 6.45) is -0.203. The molecule has 0 heterocycles. The molecule has 0 aliphatic carbocycles. The number of guanidine groups is 1. The molecule has 2 aromatic carbocycles. The molecule has 2 aromatic rings. The topological polar surface area (TPSA) is 48.9 Å². The molecule has 5 nitrogen and oxygen atoms in total. The van der Waals surface area contributed by atoms with Crippen molar-refractivity contribution in [3.8, 4) is 5.75 Å². The smallest absolute Gasteiger partial charge is 0.191 e. The second kappa shape index (κ2) is 13.4. The van der Waals surface area contributed by atoms with Crippen molar-refractivity contribution in [2.24, 2.45) is 4.99 Å². The van der Waals surface area contributed by atoms with E-state index in [1.165, 1.54) is 11.6 Å². The fourth-order valence-electron chi connectivity index (χ4n) is 2.67. The highest BCUT2D eigenvalue weighted by molar-refractivity contribution is 14.0. The van der Waals surface area contributed by atoms with Gasteiger partial charge in [-0.15, -0.1) is 24.0 Å². The van der Waals surface area contributed by atoms with Gasteiger partial charge in [-0.3, -0.25) is 0 Å². The van der Waals surface area contributed by atoms with Gasteiger partial charge in [0.2, 0.25) is 0 Å². The molecule has 160 valence electrons. The number of nitrogens with one attached hydrogen (secondary N) is 2. The molecule has 1 atom stereocenters. The molecular weight excluding hydrogens is 482 g/mol. The summed E-state index contributed by atoms with van der Waals surface area (Å²) >= 11 is 0. The van der Waals surface area contributed by atoms with Crippen LogP contribution in [0, 0.1) is 5.82 Å². The van der Waals surface area contributed by atoms with Gasteiger partial charge in [-0.1, -0.05) is 36.4 Å². The van der Waals surface area contributed by atoms with Gasteiger partial charge in [0.15, 0.2) is 17.5 Å². The van der Waals surface area contributed by atoms with Gasteiger partial charge in [-0.05, 0) is 51.2 Å². The second-order valence-corrected chi connectivity index (χ2v) is 6.99. The van der Waals surface area contributed by atoms with Crippen LogP contribution in [0.25, 0.3) is 0 Å². The minimum Gasteiger partial charge on any atom is -0.486 e. The summed E-state index contributed by atoms with van der Waals surface area (Å²) in [6, 6.07) is 14.9. The molecule has 0 aromatic heterocycles. The lowest BCUT2D eigenvalue weighted by Gasteiger charge is -2.18. The predicted molar refractivity (Wildman–Crippen MR) is 129 cm³/mol. The van der Waals surface area contributed by atoms with E-state index < -0.39 is 0 Å². The van der Waals surface area contributed by atoms with Crippen molar-refractivity contribution in [2.45, 2.75) is 33.0 Å². The number of ether oxygens (including phenoxy) is 1. The molecule has 0 aliphatic heterocycles. The molecular formula is C22H32FIN4O. The van der Waals surface area contributed by atoms with Gasteiger partial charge in [0.25, 0.3) is 0 Å². The number of rotatable bonds is 9. The van der Waals surface area contributed by atoms with Gasteiger partial charge in [-0.25, -0.2) is 9.38 Å². The van der Waals surface area contributed by atoms with Crippen LogP contribution in [0.1, 0.15) is 25.0 Å². The normalized spacial score (nSPS) is 12.3. The molecule has 0 radical (unpaired) electrons. The Balaban J connectivity index is 0.00000420. The summed E-state index contributed by atoms with van der Waals surface area (Å²) in [5, 5.41) is 6.48. The Morgan fingerprint density at radius 3 is 2.34 bits per heavy atom. The molecule has 2 rings (SSSR count). The summed E-state index contributed by atoms with van der Waals surface area (Å²) < 4.78 is 19.3. The first-order chi connectivity index (χ1) is 13.5. The predicted octanol–water partition coefficient (Wildman–Crippen LogP) is 4.03. The van der Waals surface area contributed by atoms with Crippen LogP contribution in [-0.4, -0.2) is 44.1 Å². The monoisotopic (exact) mass is 514 g/mol. The molecule has 29 heavy (non-hydrogen) atoms. The first-order valence-corrected chi connectivity index (χ1v) is 9.63. The van der Waals surface area contributed by atoms with E-state index in [2.05, 4.69) is 58.9 Å². The van der Waals surface area contributed by atoms with Crippen molar-refractivity contribution >= 4 is 29.9 Å². The van der Waals surface area contributed by atoms with Gasteiger partial charge >= 0.3 is 0 Å². The molecule has 0 aliphatic rings. The van der Waals surface area contributed by atoms with E-state index in [1.54, 1.807) is 18.2 Å². The van der Waals surface area contributed by atoms with Crippen molar-refractivity contribution in [3.05, 3.63) is 65.5 Å². The summed E-state index contributed by atoms with van der Waals surface area (Å²) in [7, 11) is 4.12. The first-order valence-electron chi connectivity index (χ1n) is 9.63. The van der Waals surface area contributed by atoms with Gasteiger partial charge in [0, 0.05) is 13.1 Å². The Morgan fingerprint density at radius 1 is 1.07 bits per heavy atom. The zero-order valence-corrected chi connectivity index (χ0v) is 19.9. The van der Waals surface area contributed by atoms with Gasteiger partial charge in [-0.2, -0.15) is 0 Å². The molecule has 1 unspecified atom stereocenters. The van der Waals surface area contributed by atoms with Crippen LogP contribution in [0.3, 0.4) is 0 Å². The number of halogens is 2. The first kappa shape index (κ1) is 25.2. The van der Waals surface area contributed by atoms with Gasteiger partial charge in [0.1, 0.15) is 6.10 Å². The standard InChI is InChI=1S/C22H31FN4O.HI/c1-5-24-22(25-14-17(2)28-21-9-7-6-8-20(21)23)26-15-18-10-12-19(13-11-18)16-27(3)4;/h6-13,17H,5,14-16H2,1-4H3,(H2,24,25,26);1H. The molecule has 7 heteroatoms. The van der Waals surface area contributed by atoms with E-state index in [-0.39, 0.29) is 41.6 Å². The third kappa shape index (κ3) is 9.45. The number of benzene rings is 2. The largest absolute Gasteiger partial charge is 0.486 e. The minimum absolute atomic E-state index is 0. The molecule has 2 N–H and O–H groups in total. The van der Waals surface area contributed by atoms with Crippen molar-refractivity contribution in [2.75, 3.05) is 27.2 Å². The third-order valence-electron chi connectivity index (χ3n) is 4.01. The van der Waals surface area contributed by atoms with Crippen LogP contribution in [0.15, 0.2) is 53.5 Å². The van der Waals surface area contributed by atoms with Gasteiger partial charge in [0.05, 0.1) is 13.1 Å². The Morgan fingerprint density at radius 2 is 1.72 bits per heavy atom. The average molecular weight is 514 g/mol. The molecule has 0 saturated carbocycles. The van der Waals surface area contributed by atoms with E-state index in [0.717, 1.165) is 18.7 Å². The third-order valence-corrected chi connectivity index (χ3v) is 4.01. The van der Waals surface area contributed by atoms with E-state index in [0.29, 0.717) is 19.0 Å². The molecule has 0 amide bonds. The van der Waals surface area contributed by atoms with Crippen LogP contribution < -0.4 is 15.4 Å².